The van der Waals surface area contributed by atoms with Crippen LogP contribution in [0.25, 0.3) is 0 Å². The van der Waals surface area contributed by atoms with Crippen molar-refractivity contribution in [2.75, 3.05) is 6.54 Å². The summed E-state index contributed by atoms with van der Waals surface area (Å²) >= 11 is 12.0. The maximum atomic E-state index is 12.5. The summed E-state index contributed by atoms with van der Waals surface area (Å²) in [6, 6.07) is 5.45. The van der Waals surface area contributed by atoms with Crippen LogP contribution in [0.15, 0.2) is 18.2 Å². The average Bonchev–Trinajstić information content (AvgIpc) is 2.89. The second kappa shape index (κ2) is 6.55. The van der Waals surface area contributed by atoms with Crippen LogP contribution in [0.4, 0.5) is 0 Å². The summed E-state index contributed by atoms with van der Waals surface area (Å²) in [5, 5.41) is 4.14. The van der Waals surface area contributed by atoms with E-state index in [1.807, 2.05) is 19.9 Å². The van der Waals surface area contributed by atoms with Gasteiger partial charge in [0.25, 0.3) is 0 Å². The molecule has 1 aromatic rings. The Balaban J connectivity index is 2.12. The smallest absolute Gasteiger partial charge is 0.224 e. The molecular formula is C16H22Cl2N2O. The van der Waals surface area contributed by atoms with E-state index in [1.54, 1.807) is 12.1 Å². The fourth-order valence-corrected chi connectivity index (χ4v) is 3.32. The topological polar surface area (TPSA) is 55.1 Å². The molecule has 1 aliphatic rings. The van der Waals surface area contributed by atoms with E-state index in [2.05, 4.69) is 5.32 Å². The molecule has 0 radical (unpaired) electrons. The van der Waals surface area contributed by atoms with E-state index in [-0.39, 0.29) is 11.8 Å². The predicted molar refractivity (Wildman–Crippen MR) is 87.5 cm³/mol. The van der Waals surface area contributed by atoms with E-state index in [4.69, 9.17) is 28.9 Å². The van der Waals surface area contributed by atoms with Gasteiger partial charge in [0.05, 0.1) is 15.6 Å². The number of hydrogen-bond acceptors (Lipinski definition) is 2. The first-order valence-corrected chi connectivity index (χ1v) is 8.08. The SMILES string of the molecule is CC(C)(NC(=O)[C@@H]1CCC[C@@H]1CN)c1ccc(Cl)c(Cl)c1. The summed E-state index contributed by atoms with van der Waals surface area (Å²) < 4.78 is 0. The lowest BCUT2D eigenvalue weighted by molar-refractivity contribution is -0.127. The van der Waals surface area contributed by atoms with Crippen molar-refractivity contribution in [2.24, 2.45) is 17.6 Å². The summed E-state index contributed by atoms with van der Waals surface area (Å²) in [6.07, 6.45) is 3.04. The minimum absolute atomic E-state index is 0.0250. The minimum atomic E-state index is -0.493. The summed E-state index contributed by atoms with van der Waals surface area (Å²) in [4.78, 5) is 12.5. The Bertz CT molecular complexity index is 531. The zero-order chi connectivity index (χ0) is 15.6. The van der Waals surface area contributed by atoms with Gasteiger partial charge >= 0.3 is 0 Å². The standard InChI is InChI=1S/C16H22Cl2N2O/c1-16(2,11-6-7-13(17)14(18)8-11)20-15(21)12-5-3-4-10(12)9-19/h6-8,10,12H,3-5,9,19H2,1-2H3,(H,20,21)/t10-,12-/m1/s1. The maximum absolute atomic E-state index is 12.5. The maximum Gasteiger partial charge on any atom is 0.224 e. The van der Waals surface area contributed by atoms with Crippen LogP contribution in [0, 0.1) is 11.8 Å². The molecular weight excluding hydrogens is 307 g/mol. The summed E-state index contributed by atoms with van der Waals surface area (Å²) in [7, 11) is 0. The van der Waals surface area contributed by atoms with Crippen LogP contribution in [-0.4, -0.2) is 12.5 Å². The van der Waals surface area contributed by atoms with E-state index in [0.717, 1.165) is 24.8 Å². The highest BCUT2D eigenvalue weighted by Gasteiger charge is 2.34. The monoisotopic (exact) mass is 328 g/mol. The molecule has 0 aliphatic heterocycles. The summed E-state index contributed by atoms with van der Waals surface area (Å²) in [6.45, 7) is 4.51. The van der Waals surface area contributed by atoms with Gasteiger partial charge in [-0.05, 0) is 56.8 Å². The molecule has 0 bridgehead atoms. The zero-order valence-electron chi connectivity index (χ0n) is 12.5. The van der Waals surface area contributed by atoms with Crippen LogP contribution in [0.5, 0.6) is 0 Å². The molecule has 2 rings (SSSR count). The molecule has 21 heavy (non-hydrogen) atoms. The Morgan fingerprint density at radius 1 is 1.33 bits per heavy atom. The van der Waals surface area contributed by atoms with Gasteiger partial charge in [-0.15, -0.1) is 0 Å². The Labute approximate surface area is 136 Å². The van der Waals surface area contributed by atoms with E-state index < -0.39 is 5.54 Å². The molecule has 1 fully saturated rings. The second-order valence-electron chi connectivity index (χ2n) is 6.28. The molecule has 116 valence electrons. The zero-order valence-corrected chi connectivity index (χ0v) is 14.0. The largest absolute Gasteiger partial charge is 0.347 e. The van der Waals surface area contributed by atoms with Gasteiger partial charge in [-0.25, -0.2) is 0 Å². The highest BCUT2D eigenvalue weighted by atomic mass is 35.5. The fraction of sp³-hybridized carbons (Fsp3) is 0.562. The first-order valence-electron chi connectivity index (χ1n) is 7.33. The summed E-state index contributed by atoms with van der Waals surface area (Å²) in [5.41, 5.74) is 6.21. The fourth-order valence-electron chi connectivity index (χ4n) is 3.02. The molecule has 1 aromatic carbocycles. The third-order valence-electron chi connectivity index (χ3n) is 4.38. The van der Waals surface area contributed by atoms with Crippen LogP contribution >= 0.6 is 23.2 Å². The second-order valence-corrected chi connectivity index (χ2v) is 7.09. The van der Waals surface area contributed by atoms with E-state index in [1.165, 1.54) is 0 Å². The Morgan fingerprint density at radius 2 is 2.05 bits per heavy atom. The summed E-state index contributed by atoms with van der Waals surface area (Å²) in [5.74, 6) is 0.408. The number of hydrogen-bond donors (Lipinski definition) is 2. The van der Waals surface area contributed by atoms with Crippen LogP contribution in [0.2, 0.25) is 10.0 Å². The number of carbonyl (C=O) groups is 1. The van der Waals surface area contributed by atoms with E-state index >= 15 is 0 Å². The van der Waals surface area contributed by atoms with Crippen molar-refractivity contribution in [1.82, 2.24) is 5.32 Å². The molecule has 0 aromatic heterocycles. The first-order chi connectivity index (χ1) is 9.85. The van der Waals surface area contributed by atoms with Crippen molar-refractivity contribution in [3.05, 3.63) is 33.8 Å². The molecule has 1 saturated carbocycles. The number of carbonyl (C=O) groups excluding carboxylic acids is 1. The molecule has 1 aliphatic carbocycles. The normalized spacial score (nSPS) is 22.3. The van der Waals surface area contributed by atoms with Crippen molar-refractivity contribution >= 4 is 29.1 Å². The third kappa shape index (κ3) is 3.71. The number of rotatable bonds is 4. The van der Waals surface area contributed by atoms with E-state index in [0.29, 0.717) is 22.5 Å². The Hall–Kier alpha value is -0.770. The first kappa shape index (κ1) is 16.6. The van der Waals surface area contributed by atoms with Crippen LogP contribution in [-0.2, 0) is 10.3 Å². The number of nitrogens with two attached hydrogens (primary N) is 1. The van der Waals surface area contributed by atoms with Crippen molar-refractivity contribution in [3.63, 3.8) is 0 Å². The molecule has 0 heterocycles. The lowest BCUT2D eigenvalue weighted by Crippen LogP contribution is -2.45. The molecule has 5 heteroatoms. The van der Waals surface area contributed by atoms with Gasteiger partial charge in [0.15, 0.2) is 0 Å². The van der Waals surface area contributed by atoms with Gasteiger partial charge in [-0.3, -0.25) is 4.79 Å². The van der Waals surface area contributed by atoms with Crippen molar-refractivity contribution in [3.8, 4) is 0 Å². The predicted octanol–water partition coefficient (Wildman–Crippen LogP) is 3.72. The van der Waals surface area contributed by atoms with Gasteiger partial charge in [0.1, 0.15) is 0 Å². The highest BCUT2D eigenvalue weighted by molar-refractivity contribution is 6.42. The molecule has 0 spiro atoms. The minimum Gasteiger partial charge on any atom is -0.347 e. The third-order valence-corrected chi connectivity index (χ3v) is 5.11. The average molecular weight is 329 g/mol. The van der Waals surface area contributed by atoms with Gasteiger partial charge in [0, 0.05) is 5.92 Å². The van der Waals surface area contributed by atoms with Gasteiger partial charge in [-0.1, -0.05) is 35.7 Å². The Kier molecular flexibility index (Phi) is 5.18. The molecule has 1 amide bonds. The van der Waals surface area contributed by atoms with Crippen LogP contribution in [0.1, 0.15) is 38.7 Å². The Morgan fingerprint density at radius 3 is 2.67 bits per heavy atom. The molecule has 3 N–H and O–H groups in total. The quantitative estimate of drug-likeness (QED) is 0.884. The molecule has 0 saturated heterocycles. The van der Waals surface area contributed by atoms with Gasteiger partial charge in [-0.2, -0.15) is 0 Å². The molecule has 3 nitrogen and oxygen atoms in total. The van der Waals surface area contributed by atoms with Crippen molar-refractivity contribution in [2.45, 2.75) is 38.6 Å². The van der Waals surface area contributed by atoms with Crippen LogP contribution in [0.3, 0.4) is 0 Å². The molecule has 0 unspecified atom stereocenters. The van der Waals surface area contributed by atoms with Crippen molar-refractivity contribution in [1.29, 1.82) is 0 Å². The van der Waals surface area contributed by atoms with Crippen molar-refractivity contribution < 1.29 is 4.79 Å². The number of nitrogens with one attached hydrogen (secondary N) is 1. The van der Waals surface area contributed by atoms with Gasteiger partial charge < -0.3 is 11.1 Å². The van der Waals surface area contributed by atoms with Gasteiger partial charge in [0.2, 0.25) is 5.91 Å². The number of halogens is 2. The molecule has 2 atom stereocenters. The highest BCUT2D eigenvalue weighted by Crippen LogP contribution is 2.33. The van der Waals surface area contributed by atoms with Crippen LogP contribution < -0.4 is 11.1 Å². The van der Waals surface area contributed by atoms with E-state index in [9.17, 15) is 4.79 Å². The lowest BCUT2D eigenvalue weighted by atomic mass is 9.90. The lowest BCUT2D eigenvalue weighted by Gasteiger charge is -2.30. The number of amides is 1. The number of benzene rings is 1.